The van der Waals surface area contributed by atoms with Gasteiger partial charge < -0.3 is 20.6 Å². The Kier molecular flexibility index (Phi) is 5.96. The van der Waals surface area contributed by atoms with Crippen LogP contribution < -0.4 is 15.5 Å². The van der Waals surface area contributed by atoms with Gasteiger partial charge in [0.15, 0.2) is 0 Å². The Hall–Kier alpha value is -1.75. The minimum absolute atomic E-state index is 0.127. The third-order valence-electron chi connectivity index (χ3n) is 5.27. The SMILES string of the molecule is O=C(Nc1cccc(N2CCCCC2)c1)NC1CCC(CO)CC1. The van der Waals surface area contributed by atoms with Gasteiger partial charge in [-0.15, -0.1) is 0 Å². The number of aliphatic hydroxyl groups is 1. The Labute approximate surface area is 144 Å². The molecule has 24 heavy (non-hydrogen) atoms. The van der Waals surface area contributed by atoms with E-state index in [2.05, 4.69) is 27.7 Å². The largest absolute Gasteiger partial charge is 0.396 e. The van der Waals surface area contributed by atoms with E-state index in [0.717, 1.165) is 44.5 Å². The minimum atomic E-state index is -0.127. The monoisotopic (exact) mass is 331 g/mol. The number of benzene rings is 1. The number of anilines is 2. The number of amides is 2. The molecule has 1 aromatic rings. The van der Waals surface area contributed by atoms with Gasteiger partial charge in [-0.25, -0.2) is 4.79 Å². The number of hydrogen-bond donors (Lipinski definition) is 3. The van der Waals surface area contributed by atoms with Gasteiger partial charge in [-0.3, -0.25) is 0 Å². The molecule has 1 saturated heterocycles. The van der Waals surface area contributed by atoms with Crippen molar-refractivity contribution >= 4 is 17.4 Å². The van der Waals surface area contributed by atoms with Crippen molar-refractivity contribution < 1.29 is 9.90 Å². The van der Waals surface area contributed by atoms with Gasteiger partial charge in [0.05, 0.1) is 0 Å². The van der Waals surface area contributed by atoms with E-state index in [-0.39, 0.29) is 18.7 Å². The molecular formula is C19H29N3O2. The first-order chi connectivity index (χ1) is 11.7. The van der Waals surface area contributed by atoms with Crippen molar-refractivity contribution in [1.29, 1.82) is 0 Å². The normalized spacial score (nSPS) is 24.5. The van der Waals surface area contributed by atoms with E-state index in [9.17, 15) is 9.90 Å². The number of nitrogens with zero attached hydrogens (tertiary/aromatic N) is 1. The maximum Gasteiger partial charge on any atom is 0.319 e. The zero-order valence-electron chi connectivity index (χ0n) is 14.3. The number of carbonyl (C=O) groups is 1. The smallest absolute Gasteiger partial charge is 0.319 e. The Bertz CT molecular complexity index is 535. The van der Waals surface area contributed by atoms with Crippen molar-refractivity contribution in [3.8, 4) is 0 Å². The van der Waals surface area contributed by atoms with Crippen LogP contribution in [0.5, 0.6) is 0 Å². The van der Waals surface area contributed by atoms with Crippen molar-refractivity contribution in [3.63, 3.8) is 0 Å². The Morgan fingerprint density at radius 2 is 1.88 bits per heavy atom. The highest BCUT2D eigenvalue weighted by Crippen LogP contribution is 2.25. The first-order valence-electron chi connectivity index (χ1n) is 9.28. The predicted molar refractivity (Wildman–Crippen MR) is 97.5 cm³/mol. The molecule has 132 valence electrons. The molecule has 0 spiro atoms. The molecule has 2 fully saturated rings. The van der Waals surface area contributed by atoms with Crippen molar-refractivity contribution in [2.45, 2.75) is 51.0 Å². The molecule has 1 saturated carbocycles. The number of hydrogen-bond acceptors (Lipinski definition) is 3. The second-order valence-electron chi connectivity index (χ2n) is 7.10. The third-order valence-corrected chi connectivity index (χ3v) is 5.27. The zero-order chi connectivity index (χ0) is 16.8. The highest BCUT2D eigenvalue weighted by atomic mass is 16.3. The average Bonchev–Trinajstić information content (AvgIpc) is 2.63. The van der Waals surface area contributed by atoms with Gasteiger partial charge in [-0.05, 0) is 69.1 Å². The van der Waals surface area contributed by atoms with Gasteiger partial charge in [0.2, 0.25) is 0 Å². The predicted octanol–water partition coefficient (Wildman–Crippen LogP) is 3.35. The number of rotatable bonds is 4. The average molecular weight is 331 g/mol. The van der Waals surface area contributed by atoms with Gasteiger partial charge >= 0.3 is 6.03 Å². The molecule has 0 atom stereocenters. The van der Waals surface area contributed by atoms with E-state index in [1.807, 2.05) is 12.1 Å². The maximum atomic E-state index is 12.2. The lowest BCUT2D eigenvalue weighted by Gasteiger charge is -2.29. The molecule has 5 nitrogen and oxygen atoms in total. The van der Waals surface area contributed by atoms with Crippen LogP contribution in [0.4, 0.5) is 16.2 Å². The number of aliphatic hydroxyl groups excluding tert-OH is 1. The lowest BCUT2D eigenvalue weighted by atomic mass is 9.87. The fourth-order valence-electron chi connectivity index (χ4n) is 3.77. The summed E-state index contributed by atoms with van der Waals surface area (Å²) in [6.45, 7) is 2.47. The molecule has 1 aliphatic carbocycles. The summed E-state index contributed by atoms with van der Waals surface area (Å²) in [5, 5.41) is 15.2. The molecule has 1 heterocycles. The van der Waals surface area contributed by atoms with Crippen molar-refractivity contribution in [2.24, 2.45) is 5.92 Å². The van der Waals surface area contributed by atoms with Crippen LogP contribution in [-0.2, 0) is 0 Å². The fourth-order valence-corrected chi connectivity index (χ4v) is 3.77. The summed E-state index contributed by atoms with van der Waals surface area (Å²) in [5.74, 6) is 0.410. The number of carbonyl (C=O) groups excluding carboxylic acids is 1. The van der Waals surface area contributed by atoms with E-state index in [1.165, 1.54) is 24.9 Å². The minimum Gasteiger partial charge on any atom is -0.396 e. The summed E-state index contributed by atoms with van der Waals surface area (Å²) in [4.78, 5) is 14.6. The highest BCUT2D eigenvalue weighted by molar-refractivity contribution is 5.90. The molecule has 3 N–H and O–H groups in total. The van der Waals surface area contributed by atoms with Crippen molar-refractivity contribution in [3.05, 3.63) is 24.3 Å². The van der Waals surface area contributed by atoms with Crippen molar-refractivity contribution in [1.82, 2.24) is 5.32 Å². The molecule has 2 aliphatic rings. The van der Waals surface area contributed by atoms with Crippen LogP contribution in [-0.4, -0.2) is 36.9 Å². The van der Waals surface area contributed by atoms with Crippen molar-refractivity contribution in [2.75, 3.05) is 29.9 Å². The molecule has 0 radical (unpaired) electrons. The second-order valence-corrected chi connectivity index (χ2v) is 7.10. The van der Waals surface area contributed by atoms with Crippen LogP contribution in [0.3, 0.4) is 0 Å². The Morgan fingerprint density at radius 1 is 1.12 bits per heavy atom. The zero-order valence-corrected chi connectivity index (χ0v) is 14.3. The van der Waals surface area contributed by atoms with E-state index in [4.69, 9.17) is 0 Å². The summed E-state index contributed by atoms with van der Waals surface area (Å²) in [7, 11) is 0. The Morgan fingerprint density at radius 3 is 2.58 bits per heavy atom. The quantitative estimate of drug-likeness (QED) is 0.793. The highest BCUT2D eigenvalue weighted by Gasteiger charge is 2.22. The number of piperidine rings is 1. The Balaban J connectivity index is 1.51. The van der Waals surface area contributed by atoms with Crippen LogP contribution in [0.15, 0.2) is 24.3 Å². The number of nitrogens with one attached hydrogen (secondary N) is 2. The molecule has 0 unspecified atom stereocenters. The molecule has 0 aromatic heterocycles. The van der Waals surface area contributed by atoms with Gasteiger partial charge in [0, 0.05) is 37.1 Å². The van der Waals surface area contributed by atoms with Crippen LogP contribution >= 0.6 is 0 Å². The van der Waals surface area contributed by atoms with Crippen LogP contribution in [0, 0.1) is 5.92 Å². The van der Waals surface area contributed by atoms with Gasteiger partial charge in [-0.1, -0.05) is 6.07 Å². The summed E-state index contributed by atoms with van der Waals surface area (Å²) in [6, 6.07) is 8.22. The van der Waals surface area contributed by atoms with E-state index < -0.39 is 0 Å². The van der Waals surface area contributed by atoms with E-state index in [1.54, 1.807) is 0 Å². The second kappa shape index (κ2) is 8.38. The topological polar surface area (TPSA) is 64.6 Å². The molecular weight excluding hydrogens is 302 g/mol. The molecule has 5 heteroatoms. The molecule has 1 aliphatic heterocycles. The summed E-state index contributed by atoms with van der Waals surface area (Å²) < 4.78 is 0. The lowest BCUT2D eigenvalue weighted by molar-refractivity contribution is 0.176. The summed E-state index contributed by atoms with van der Waals surface area (Å²) in [5.41, 5.74) is 2.04. The maximum absolute atomic E-state index is 12.2. The standard InChI is InChI=1S/C19H29N3O2/c23-14-15-7-9-16(10-8-15)20-19(24)21-17-5-4-6-18(13-17)22-11-2-1-3-12-22/h4-6,13,15-16,23H,1-3,7-12,14H2,(H2,20,21,24). The van der Waals surface area contributed by atoms with E-state index >= 15 is 0 Å². The molecule has 2 amide bonds. The summed E-state index contributed by atoms with van der Waals surface area (Å²) >= 11 is 0. The van der Waals surface area contributed by atoms with Gasteiger partial charge in [0.1, 0.15) is 0 Å². The first-order valence-corrected chi connectivity index (χ1v) is 9.28. The molecule has 1 aromatic carbocycles. The molecule has 0 bridgehead atoms. The fraction of sp³-hybridized carbons (Fsp3) is 0.632. The summed E-state index contributed by atoms with van der Waals surface area (Å²) in [6.07, 6.45) is 7.69. The molecule has 3 rings (SSSR count). The van der Waals surface area contributed by atoms with Crippen LogP contribution in [0.2, 0.25) is 0 Å². The first kappa shape index (κ1) is 17.1. The third kappa shape index (κ3) is 4.63. The van der Waals surface area contributed by atoms with Crippen LogP contribution in [0.1, 0.15) is 44.9 Å². The van der Waals surface area contributed by atoms with Gasteiger partial charge in [-0.2, -0.15) is 0 Å². The van der Waals surface area contributed by atoms with E-state index in [0.29, 0.717) is 5.92 Å². The lowest BCUT2D eigenvalue weighted by Crippen LogP contribution is -2.40. The van der Waals surface area contributed by atoms with Gasteiger partial charge in [0.25, 0.3) is 0 Å². The number of urea groups is 1. The van der Waals surface area contributed by atoms with Crippen LogP contribution in [0.25, 0.3) is 0 Å².